The van der Waals surface area contributed by atoms with Crippen molar-refractivity contribution in [1.82, 2.24) is 4.90 Å². The van der Waals surface area contributed by atoms with Crippen molar-refractivity contribution in [2.75, 3.05) is 18.4 Å². The highest BCUT2D eigenvalue weighted by Crippen LogP contribution is 2.20. The molecule has 1 amide bonds. The van der Waals surface area contributed by atoms with Crippen LogP contribution in [0.4, 0.5) is 5.69 Å². The Bertz CT molecular complexity index is 1120. The minimum Gasteiger partial charge on any atom is -0.380 e. The van der Waals surface area contributed by atoms with Crippen LogP contribution in [0.1, 0.15) is 22.3 Å². The molecule has 1 aliphatic rings. The number of para-hydroxylation sites is 1. The number of anilines is 1. The molecule has 0 bridgehead atoms. The van der Waals surface area contributed by atoms with Gasteiger partial charge in [-0.3, -0.25) is 4.79 Å². The van der Waals surface area contributed by atoms with E-state index in [1.165, 1.54) is 0 Å². The van der Waals surface area contributed by atoms with E-state index >= 15 is 0 Å². The molecule has 3 aromatic rings. The first-order valence-electron chi connectivity index (χ1n) is 9.99. The Balaban J connectivity index is 1.43. The van der Waals surface area contributed by atoms with Crippen LogP contribution in [0, 0.1) is 0 Å². The number of hydrogen-bond donors (Lipinski definition) is 1. The van der Waals surface area contributed by atoms with Crippen LogP contribution in [0.5, 0.6) is 0 Å². The second-order valence-corrected chi connectivity index (χ2v) is 9.51. The maximum absolute atomic E-state index is 13.0. The van der Waals surface area contributed by atoms with Gasteiger partial charge in [0.25, 0.3) is 5.91 Å². The minimum atomic E-state index is -3.45. The first-order valence-corrected chi connectivity index (χ1v) is 11.6. The fourth-order valence-electron chi connectivity index (χ4n) is 3.74. The fraction of sp³-hybridized carbons (Fsp3) is 0.208. The predicted molar refractivity (Wildman–Crippen MR) is 118 cm³/mol. The Morgan fingerprint density at radius 3 is 2.37 bits per heavy atom. The average molecular weight is 421 g/mol. The molecule has 0 saturated carbocycles. The van der Waals surface area contributed by atoms with Crippen molar-refractivity contribution in [3.63, 3.8) is 0 Å². The third-order valence-corrected chi connectivity index (χ3v) is 6.96. The molecule has 1 heterocycles. The van der Waals surface area contributed by atoms with Gasteiger partial charge < -0.3 is 10.2 Å². The number of carbonyl (C=O) groups excluding carboxylic acids is 1. The number of benzene rings is 3. The third-order valence-electron chi connectivity index (χ3n) is 5.25. The number of nitrogens with one attached hydrogen (secondary N) is 1. The molecule has 154 valence electrons. The highest BCUT2D eigenvalue weighted by Gasteiger charge is 2.27. The maximum Gasteiger partial charge on any atom is 0.253 e. The number of rotatable bonds is 6. The second kappa shape index (κ2) is 8.71. The Hall–Kier alpha value is -3.12. The van der Waals surface area contributed by atoms with Crippen LogP contribution in [-0.4, -0.2) is 38.4 Å². The lowest BCUT2D eigenvalue weighted by atomic mass is 10.1. The smallest absolute Gasteiger partial charge is 0.253 e. The summed E-state index contributed by atoms with van der Waals surface area (Å²) < 4.78 is 25.3. The minimum absolute atomic E-state index is 0.0636. The molecule has 0 aromatic heterocycles. The van der Waals surface area contributed by atoms with Crippen LogP contribution in [-0.2, 0) is 15.6 Å². The van der Waals surface area contributed by atoms with Crippen molar-refractivity contribution in [3.8, 4) is 0 Å². The van der Waals surface area contributed by atoms with Crippen LogP contribution in [0.3, 0.4) is 0 Å². The molecule has 1 aliphatic heterocycles. The Labute approximate surface area is 177 Å². The number of sulfone groups is 1. The molecule has 1 fully saturated rings. The molecule has 5 nitrogen and oxygen atoms in total. The number of carbonyl (C=O) groups is 1. The third kappa shape index (κ3) is 4.71. The van der Waals surface area contributed by atoms with Gasteiger partial charge in [-0.2, -0.15) is 0 Å². The van der Waals surface area contributed by atoms with E-state index < -0.39 is 9.84 Å². The zero-order valence-corrected chi connectivity index (χ0v) is 17.4. The first kappa shape index (κ1) is 20.2. The molecule has 1 saturated heterocycles. The molecule has 3 aromatic carbocycles. The van der Waals surface area contributed by atoms with Crippen molar-refractivity contribution in [1.29, 1.82) is 0 Å². The number of nitrogens with zero attached hydrogens (tertiary/aromatic N) is 1. The van der Waals surface area contributed by atoms with E-state index in [0.717, 1.165) is 12.1 Å². The zero-order valence-electron chi connectivity index (χ0n) is 16.6. The summed E-state index contributed by atoms with van der Waals surface area (Å²) in [6.07, 6.45) is 0.878. The Kier molecular flexibility index (Phi) is 5.86. The van der Waals surface area contributed by atoms with E-state index in [1.54, 1.807) is 54.6 Å². The van der Waals surface area contributed by atoms with Crippen molar-refractivity contribution in [2.45, 2.75) is 23.1 Å². The van der Waals surface area contributed by atoms with Crippen LogP contribution < -0.4 is 5.32 Å². The summed E-state index contributed by atoms with van der Waals surface area (Å²) in [5.74, 6) is -0.192. The normalized spacial score (nSPS) is 16.4. The number of amides is 1. The van der Waals surface area contributed by atoms with Crippen molar-refractivity contribution in [2.24, 2.45) is 0 Å². The summed E-state index contributed by atoms with van der Waals surface area (Å²) in [4.78, 5) is 15.1. The summed E-state index contributed by atoms with van der Waals surface area (Å²) in [6.45, 7) is 1.30. The van der Waals surface area contributed by atoms with E-state index in [2.05, 4.69) is 5.32 Å². The monoisotopic (exact) mass is 420 g/mol. The van der Waals surface area contributed by atoms with Gasteiger partial charge >= 0.3 is 0 Å². The van der Waals surface area contributed by atoms with Gasteiger partial charge in [-0.25, -0.2) is 8.42 Å². The lowest BCUT2D eigenvalue weighted by Gasteiger charge is -2.18. The molecule has 0 radical (unpaired) electrons. The summed E-state index contributed by atoms with van der Waals surface area (Å²) in [5.41, 5.74) is 2.18. The van der Waals surface area contributed by atoms with Crippen LogP contribution in [0.25, 0.3) is 0 Å². The van der Waals surface area contributed by atoms with E-state index in [1.807, 2.05) is 35.2 Å². The van der Waals surface area contributed by atoms with Gasteiger partial charge in [-0.1, -0.05) is 48.5 Å². The SMILES string of the molecule is O=C(c1cccc(CS(=O)(=O)c2ccccc2)c1)N1CCC(Nc2ccccc2)C1. The molecule has 6 heteroatoms. The molecule has 0 aliphatic carbocycles. The van der Waals surface area contributed by atoms with Gasteiger partial charge in [0.2, 0.25) is 0 Å². The van der Waals surface area contributed by atoms with Crippen LogP contribution in [0.15, 0.2) is 89.8 Å². The van der Waals surface area contributed by atoms with Gasteiger partial charge in [-0.05, 0) is 48.4 Å². The van der Waals surface area contributed by atoms with Crippen LogP contribution >= 0.6 is 0 Å². The first-order chi connectivity index (χ1) is 14.5. The number of likely N-dealkylation sites (tertiary alicyclic amines) is 1. The van der Waals surface area contributed by atoms with Gasteiger partial charge in [0.15, 0.2) is 9.84 Å². The van der Waals surface area contributed by atoms with E-state index in [4.69, 9.17) is 0 Å². The zero-order chi connectivity index (χ0) is 21.0. The highest BCUT2D eigenvalue weighted by atomic mass is 32.2. The molecule has 1 unspecified atom stereocenters. The summed E-state index contributed by atoms with van der Waals surface area (Å²) >= 11 is 0. The standard InChI is InChI=1S/C24H24N2O3S/c27-24(26-15-14-22(17-26)25-21-10-3-1-4-11-21)20-9-7-8-19(16-20)18-30(28,29)23-12-5-2-6-13-23/h1-13,16,22,25H,14-15,17-18H2. The molecule has 1 N–H and O–H groups in total. The van der Waals surface area contributed by atoms with Crippen molar-refractivity contribution >= 4 is 21.4 Å². The Morgan fingerprint density at radius 1 is 0.933 bits per heavy atom. The van der Waals surface area contributed by atoms with Crippen LogP contribution in [0.2, 0.25) is 0 Å². The lowest BCUT2D eigenvalue weighted by molar-refractivity contribution is 0.0791. The topological polar surface area (TPSA) is 66.5 Å². The quantitative estimate of drug-likeness (QED) is 0.655. The van der Waals surface area contributed by atoms with E-state index in [9.17, 15) is 13.2 Å². The van der Waals surface area contributed by atoms with E-state index in [-0.39, 0.29) is 22.6 Å². The molecule has 4 rings (SSSR count). The largest absolute Gasteiger partial charge is 0.380 e. The van der Waals surface area contributed by atoms with Crippen molar-refractivity contribution in [3.05, 3.63) is 96.1 Å². The molecule has 0 spiro atoms. The number of hydrogen-bond acceptors (Lipinski definition) is 4. The highest BCUT2D eigenvalue weighted by molar-refractivity contribution is 7.90. The van der Waals surface area contributed by atoms with E-state index in [0.29, 0.717) is 24.2 Å². The Morgan fingerprint density at radius 2 is 1.63 bits per heavy atom. The molecular formula is C24H24N2O3S. The summed E-state index contributed by atoms with van der Waals surface area (Å²) in [7, 11) is -3.45. The van der Waals surface area contributed by atoms with Gasteiger partial charge in [0.05, 0.1) is 10.6 Å². The van der Waals surface area contributed by atoms with Gasteiger partial charge in [-0.15, -0.1) is 0 Å². The second-order valence-electron chi connectivity index (χ2n) is 7.52. The lowest BCUT2D eigenvalue weighted by Crippen LogP contribution is -2.31. The predicted octanol–water partition coefficient (Wildman–Crippen LogP) is 3.99. The molecular weight excluding hydrogens is 396 g/mol. The van der Waals surface area contributed by atoms with Gasteiger partial charge in [0.1, 0.15) is 0 Å². The van der Waals surface area contributed by atoms with Gasteiger partial charge in [0, 0.05) is 30.4 Å². The summed E-state index contributed by atoms with van der Waals surface area (Å²) in [5, 5.41) is 3.46. The molecule has 1 atom stereocenters. The average Bonchev–Trinajstić information content (AvgIpc) is 3.23. The fourth-order valence-corrected chi connectivity index (χ4v) is 5.10. The maximum atomic E-state index is 13.0. The van der Waals surface area contributed by atoms with Crippen molar-refractivity contribution < 1.29 is 13.2 Å². The summed E-state index contributed by atoms with van der Waals surface area (Å²) in [6, 6.07) is 25.5. The molecule has 30 heavy (non-hydrogen) atoms.